The normalized spacial score (nSPS) is 17.1. The van der Waals surface area contributed by atoms with Crippen molar-refractivity contribution in [2.45, 2.75) is 24.2 Å². The average Bonchev–Trinajstić information content (AvgIpc) is 2.30. The Kier molecular flexibility index (Phi) is 3.59. The van der Waals surface area contributed by atoms with Crippen molar-refractivity contribution >= 4 is 28.3 Å². The molecule has 1 aliphatic rings. The van der Waals surface area contributed by atoms with E-state index in [4.69, 9.17) is 0 Å². The molecule has 0 spiro atoms. The molecule has 2 rings (SSSR count). The Hall–Kier alpha value is -0.350. The molecule has 0 N–H and O–H groups in total. The van der Waals surface area contributed by atoms with Crippen molar-refractivity contribution in [2.24, 2.45) is 0 Å². The van der Waals surface area contributed by atoms with Crippen molar-refractivity contribution in [1.82, 2.24) is 4.98 Å². The van der Waals surface area contributed by atoms with Crippen LogP contribution in [0.5, 0.6) is 0 Å². The van der Waals surface area contributed by atoms with Crippen LogP contribution in [0.4, 0.5) is 5.82 Å². The molecule has 0 saturated carbocycles. The van der Waals surface area contributed by atoms with E-state index in [0.717, 1.165) is 18.9 Å². The minimum absolute atomic E-state index is 1.10. The summed E-state index contributed by atoms with van der Waals surface area (Å²) in [7, 11) is 1.47. The minimum Gasteiger partial charge on any atom is -0.357 e. The second-order valence-electron chi connectivity index (χ2n) is 3.49. The molecule has 2 heterocycles. The Morgan fingerprint density at radius 3 is 2.79 bits per heavy atom. The molecule has 0 aliphatic carbocycles. The maximum Gasteiger partial charge on any atom is 0.129 e. The smallest absolute Gasteiger partial charge is 0.129 e. The lowest BCUT2D eigenvalue weighted by molar-refractivity contribution is 0.573. The van der Waals surface area contributed by atoms with Gasteiger partial charge in [0.05, 0.1) is 0 Å². The van der Waals surface area contributed by atoms with Gasteiger partial charge in [0.1, 0.15) is 5.82 Å². The molecule has 76 valence electrons. The second kappa shape index (κ2) is 4.94. The second-order valence-corrected chi connectivity index (χ2v) is 4.69. The van der Waals surface area contributed by atoms with Gasteiger partial charge in [-0.1, -0.05) is 10.8 Å². The van der Waals surface area contributed by atoms with Gasteiger partial charge in [-0.05, 0) is 31.4 Å². The first-order valence-corrected chi connectivity index (χ1v) is 6.79. The number of hydrogen-bond acceptors (Lipinski definition) is 4. The van der Waals surface area contributed by atoms with Crippen LogP contribution in [0.1, 0.15) is 19.3 Å². The van der Waals surface area contributed by atoms with Gasteiger partial charge >= 0.3 is 0 Å². The number of nitrogens with zero attached hydrogens (tertiary/aromatic N) is 2. The number of hydrogen-bond donors (Lipinski definition) is 1. The highest BCUT2D eigenvalue weighted by atomic mass is 33.1. The Labute approximate surface area is 93.9 Å². The van der Waals surface area contributed by atoms with Crippen LogP contribution >= 0.6 is 22.5 Å². The summed E-state index contributed by atoms with van der Waals surface area (Å²) in [5, 5.41) is 0. The zero-order valence-electron chi connectivity index (χ0n) is 8.02. The number of rotatable bonds is 2. The molecule has 1 saturated heterocycles. The lowest BCUT2D eigenvalue weighted by Crippen LogP contribution is -2.30. The van der Waals surface area contributed by atoms with Crippen LogP contribution in [0.2, 0.25) is 0 Å². The van der Waals surface area contributed by atoms with E-state index in [1.165, 1.54) is 35.0 Å². The van der Waals surface area contributed by atoms with E-state index >= 15 is 0 Å². The number of piperidine rings is 1. The van der Waals surface area contributed by atoms with Crippen LogP contribution < -0.4 is 4.90 Å². The molecule has 0 unspecified atom stereocenters. The summed E-state index contributed by atoms with van der Waals surface area (Å²) < 4.78 is 0. The minimum atomic E-state index is 1.10. The Balaban J connectivity index is 2.13. The molecular formula is C10H14N2S2. The third-order valence-corrected chi connectivity index (χ3v) is 3.60. The van der Waals surface area contributed by atoms with Gasteiger partial charge in [0.25, 0.3) is 0 Å². The summed E-state index contributed by atoms with van der Waals surface area (Å²) in [5.41, 5.74) is 0. The summed E-state index contributed by atoms with van der Waals surface area (Å²) in [4.78, 5) is 7.92. The number of anilines is 1. The highest BCUT2D eigenvalue weighted by Gasteiger charge is 2.11. The first-order chi connectivity index (χ1) is 6.90. The standard InChI is InChI=1S/C10H14N2S2/c13-14-9-4-5-11-10(8-9)12-6-2-1-3-7-12/h4-5,8,13H,1-3,6-7H2. The highest BCUT2D eigenvalue weighted by Crippen LogP contribution is 2.25. The quantitative estimate of drug-likeness (QED) is 0.617. The van der Waals surface area contributed by atoms with Crippen molar-refractivity contribution in [1.29, 1.82) is 0 Å². The van der Waals surface area contributed by atoms with Gasteiger partial charge in [0.15, 0.2) is 0 Å². The Bertz CT molecular complexity index is 298. The van der Waals surface area contributed by atoms with E-state index in [9.17, 15) is 0 Å². The Morgan fingerprint density at radius 1 is 1.29 bits per heavy atom. The molecule has 14 heavy (non-hydrogen) atoms. The fourth-order valence-electron chi connectivity index (χ4n) is 1.75. The molecular weight excluding hydrogens is 212 g/mol. The van der Waals surface area contributed by atoms with E-state index in [1.807, 2.05) is 12.3 Å². The van der Waals surface area contributed by atoms with Crippen LogP contribution in [0, 0.1) is 0 Å². The van der Waals surface area contributed by atoms with Gasteiger partial charge in [-0.2, -0.15) is 0 Å². The molecule has 1 aliphatic heterocycles. The molecule has 2 nitrogen and oxygen atoms in total. The number of aromatic nitrogens is 1. The summed E-state index contributed by atoms with van der Waals surface area (Å²) in [5.74, 6) is 1.10. The lowest BCUT2D eigenvalue weighted by Gasteiger charge is -2.27. The van der Waals surface area contributed by atoms with Crippen LogP contribution in [0.15, 0.2) is 23.2 Å². The van der Waals surface area contributed by atoms with Crippen molar-refractivity contribution < 1.29 is 0 Å². The van der Waals surface area contributed by atoms with Crippen LogP contribution in [0.3, 0.4) is 0 Å². The zero-order valence-corrected chi connectivity index (χ0v) is 9.73. The monoisotopic (exact) mass is 226 g/mol. The lowest BCUT2D eigenvalue weighted by atomic mass is 10.1. The van der Waals surface area contributed by atoms with Gasteiger partial charge in [-0.25, -0.2) is 4.98 Å². The van der Waals surface area contributed by atoms with Gasteiger partial charge in [-0.3, -0.25) is 0 Å². The maximum absolute atomic E-state index is 4.39. The molecule has 0 aromatic carbocycles. The topological polar surface area (TPSA) is 16.1 Å². The van der Waals surface area contributed by atoms with Crippen LogP contribution in [0.25, 0.3) is 0 Å². The van der Waals surface area contributed by atoms with Gasteiger partial charge < -0.3 is 4.90 Å². The van der Waals surface area contributed by atoms with Crippen molar-refractivity contribution in [3.05, 3.63) is 18.3 Å². The molecule has 1 fully saturated rings. The highest BCUT2D eigenvalue weighted by molar-refractivity contribution is 8.68. The largest absolute Gasteiger partial charge is 0.357 e. The summed E-state index contributed by atoms with van der Waals surface area (Å²) in [6, 6.07) is 4.11. The van der Waals surface area contributed by atoms with Crippen molar-refractivity contribution in [3.63, 3.8) is 0 Å². The molecule has 0 radical (unpaired) electrons. The Morgan fingerprint density at radius 2 is 2.07 bits per heavy atom. The SMILES string of the molecule is SSc1ccnc(N2CCCCC2)c1. The zero-order chi connectivity index (χ0) is 9.80. The first kappa shape index (κ1) is 10.2. The first-order valence-electron chi connectivity index (χ1n) is 4.92. The van der Waals surface area contributed by atoms with Gasteiger partial charge in [-0.15, -0.1) is 11.7 Å². The maximum atomic E-state index is 4.39. The summed E-state index contributed by atoms with van der Waals surface area (Å²) in [6.45, 7) is 2.29. The van der Waals surface area contributed by atoms with E-state index in [-0.39, 0.29) is 0 Å². The van der Waals surface area contributed by atoms with E-state index in [1.54, 1.807) is 0 Å². The summed E-state index contributed by atoms with van der Waals surface area (Å²) >= 11 is 4.19. The number of thiol groups is 1. The fourth-order valence-corrected chi connectivity index (χ4v) is 2.37. The third kappa shape index (κ3) is 2.36. The van der Waals surface area contributed by atoms with Gasteiger partial charge in [0, 0.05) is 24.2 Å². The third-order valence-electron chi connectivity index (χ3n) is 2.50. The van der Waals surface area contributed by atoms with E-state index in [0.29, 0.717) is 0 Å². The molecule has 4 heteroatoms. The summed E-state index contributed by atoms with van der Waals surface area (Å²) in [6.07, 6.45) is 5.81. The van der Waals surface area contributed by atoms with E-state index in [2.05, 4.69) is 27.6 Å². The van der Waals surface area contributed by atoms with Crippen LogP contribution in [-0.4, -0.2) is 18.1 Å². The predicted octanol–water partition coefficient (Wildman–Crippen LogP) is 3.01. The molecule has 1 aromatic rings. The molecule has 0 bridgehead atoms. The fraction of sp³-hybridized carbons (Fsp3) is 0.500. The van der Waals surface area contributed by atoms with Crippen molar-refractivity contribution in [2.75, 3.05) is 18.0 Å². The number of pyridine rings is 1. The van der Waals surface area contributed by atoms with Gasteiger partial charge in [0.2, 0.25) is 0 Å². The van der Waals surface area contributed by atoms with Crippen molar-refractivity contribution in [3.8, 4) is 0 Å². The van der Waals surface area contributed by atoms with Crippen LogP contribution in [-0.2, 0) is 0 Å². The van der Waals surface area contributed by atoms with E-state index < -0.39 is 0 Å². The molecule has 1 aromatic heterocycles. The molecule has 0 amide bonds. The predicted molar refractivity (Wildman–Crippen MR) is 65.1 cm³/mol. The average molecular weight is 226 g/mol. The molecule has 0 atom stereocenters.